The lowest BCUT2D eigenvalue weighted by Crippen LogP contribution is -2.50. The van der Waals surface area contributed by atoms with E-state index in [4.69, 9.17) is 10.7 Å². The molecule has 3 aromatic rings. The molecule has 0 aliphatic carbocycles. The molecular formula is C37H44F2N6O6. The summed E-state index contributed by atoms with van der Waals surface area (Å²) in [6.07, 6.45) is 4.11. The molecule has 0 radical (unpaired) electrons. The lowest BCUT2D eigenvalue weighted by Gasteiger charge is -2.40. The molecule has 0 saturated heterocycles. The molecule has 2 aromatic carbocycles. The normalized spacial score (nSPS) is 14.8. The fourth-order valence-corrected chi connectivity index (χ4v) is 5.95. The number of nitrogens with two attached hydrogens (primary N) is 1. The van der Waals surface area contributed by atoms with Crippen molar-refractivity contribution in [3.05, 3.63) is 89.9 Å². The number of aliphatic hydroxyl groups is 1. The molecule has 0 fully saturated rings. The highest BCUT2D eigenvalue weighted by molar-refractivity contribution is 6.12. The average Bonchev–Trinajstić information content (AvgIpc) is 3.64. The maximum atomic E-state index is 15.0. The summed E-state index contributed by atoms with van der Waals surface area (Å²) in [5.41, 5.74) is 6.49. The van der Waals surface area contributed by atoms with Gasteiger partial charge in [-0.15, -0.1) is 0 Å². The van der Waals surface area contributed by atoms with Gasteiger partial charge in [-0.25, -0.2) is 13.8 Å². The highest BCUT2D eigenvalue weighted by atomic mass is 19.1. The van der Waals surface area contributed by atoms with Gasteiger partial charge in [-0.3, -0.25) is 28.9 Å². The van der Waals surface area contributed by atoms with E-state index in [2.05, 4.69) is 5.32 Å². The Kier molecular flexibility index (Phi) is 12.7. The lowest BCUT2D eigenvalue weighted by molar-refractivity contribution is -0.140. The molecule has 0 unspecified atom stereocenters. The number of ketones is 1. The van der Waals surface area contributed by atoms with Gasteiger partial charge in [0.1, 0.15) is 24.1 Å². The molecule has 4 amide bonds. The molecule has 1 aliphatic rings. The third-order valence-electron chi connectivity index (χ3n) is 8.60. The number of rotatable bonds is 16. The second-order valence-corrected chi connectivity index (χ2v) is 13.6. The van der Waals surface area contributed by atoms with Crippen LogP contribution < -0.4 is 11.1 Å². The third kappa shape index (κ3) is 9.79. The van der Waals surface area contributed by atoms with Crippen molar-refractivity contribution in [2.45, 2.75) is 71.6 Å². The zero-order valence-corrected chi connectivity index (χ0v) is 29.1. The zero-order chi connectivity index (χ0) is 37.5. The number of aromatic nitrogens is 2. The number of hydrogen-bond acceptors (Lipinski definition) is 8. The van der Waals surface area contributed by atoms with Gasteiger partial charge in [-0.05, 0) is 48.9 Å². The van der Waals surface area contributed by atoms with Gasteiger partial charge in [0.05, 0.1) is 23.8 Å². The van der Waals surface area contributed by atoms with E-state index in [0.29, 0.717) is 5.82 Å². The Hall–Kier alpha value is -5.08. The first kappa shape index (κ1) is 38.7. The van der Waals surface area contributed by atoms with E-state index in [1.807, 2.05) is 51.1 Å². The molecule has 0 bridgehead atoms. The minimum absolute atomic E-state index is 0.0108. The van der Waals surface area contributed by atoms with Crippen LogP contribution in [0.25, 0.3) is 11.3 Å². The van der Waals surface area contributed by atoms with Crippen molar-refractivity contribution < 1.29 is 37.9 Å². The van der Waals surface area contributed by atoms with E-state index < -0.39 is 65.4 Å². The highest BCUT2D eigenvalue weighted by Gasteiger charge is 2.39. The number of carbonyl (C=O) groups is 5. The number of nitrogens with zero attached hydrogens (tertiary/aromatic N) is 4. The van der Waals surface area contributed by atoms with Gasteiger partial charge in [-0.1, -0.05) is 51.1 Å². The Morgan fingerprint density at radius 2 is 1.71 bits per heavy atom. The first-order chi connectivity index (χ1) is 24.1. The zero-order valence-electron chi connectivity index (χ0n) is 29.1. The fourth-order valence-electron chi connectivity index (χ4n) is 5.95. The van der Waals surface area contributed by atoms with Crippen LogP contribution in [0.5, 0.6) is 0 Å². The number of aliphatic hydroxyl groups excluding tert-OH is 1. The van der Waals surface area contributed by atoms with E-state index >= 15 is 0 Å². The lowest BCUT2D eigenvalue weighted by atomic mass is 9.84. The third-order valence-corrected chi connectivity index (χ3v) is 8.60. The van der Waals surface area contributed by atoms with Crippen LogP contribution in [0.15, 0.2) is 66.9 Å². The molecule has 4 rings (SSSR count). The van der Waals surface area contributed by atoms with E-state index in [9.17, 15) is 37.9 Å². The molecule has 14 heteroatoms. The molecule has 1 aliphatic heterocycles. The summed E-state index contributed by atoms with van der Waals surface area (Å²) in [5.74, 6) is -3.48. The fraction of sp³-hybridized carbons (Fsp3) is 0.405. The van der Waals surface area contributed by atoms with E-state index in [1.165, 1.54) is 11.8 Å². The van der Waals surface area contributed by atoms with Crippen LogP contribution in [0.4, 0.5) is 8.78 Å². The van der Waals surface area contributed by atoms with Crippen LogP contribution in [-0.2, 0) is 30.5 Å². The van der Waals surface area contributed by atoms with Crippen LogP contribution in [0.3, 0.4) is 0 Å². The van der Waals surface area contributed by atoms with Crippen molar-refractivity contribution in [3.8, 4) is 11.3 Å². The summed E-state index contributed by atoms with van der Waals surface area (Å²) >= 11 is 0. The Balaban J connectivity index is 1.53. The number of halogens is 2. The summed E-state index contributed by atoms with van der Waals surface area (Å²) in [4.78, 5) is 69.8. The first-order valence-corrected chi connectivity index (χ1v) is 16.7. The largest absolute Gasteiger partial charge is 0.387 e. The van der Waals surface area contributed by atoms with Crippen LogP contribution >= 0.6 is 0 Å². The molecule has 272 valence electrons. The predicted octanol–water partition coefficient (Wildman–Crippen LogP) is 3.28. The number of Topliss-reactive ketones (excluding diaryl/α,β-unsaturated/α-hetero) is 1. The molecule has 51 heavy (non-hydrogen) atoms. The van der Waals surface area contributed by atoms with Gasteiger partial charge in [0.15, 0.2) is 5.78 Å². The number of amides is 4. The van der Waals surface area contributed by atoms with Crippen molar-refractivity contribution in [2.24, 2.45) is 11.1 Å². The van der Waals surface area contributed by atoms with Crippen molar-refractivity contribution in [3.63, 3.8) is 0 Å². The Morgan fingerprint density at radius 3 is 2.33 bits per heavy atom. The molecular weight excluding hydrogens is 662 g/mol. The Morgan fingerprint density at radius 1 is 1.04 bits per heavy atom. The van der Waals surface area contributed by atoms with Gasteiger partial charge in [-0.2, -0.15) is 0 Å². The minimum Gasteiger partial charge on any atom is -0.387 e. The SMILES string of the molecule is C[C@H](NC(=O)[C@@H](N)CCN(C(=O)CO)[C@@H](c1nc(-c2cc(F)ccc2F)cn1Cc1ccccc1)C(C)(C)C)C(=O)CCCN1C(=O)C=CC1=O. The second kappa shape index (κ2) is 16.8. The van der Waals surface area contributed by atoms with Gasteiger partial charge in [0.25, 0.3) is 11.8 Å². The molecule has 1 aromatic heterocycles. The van der Waals surface area contributed by atoms with E-state index in [0.717, 1.165) is 40.8 Å². The predicted molar refractivity (Wildman–Crippen MR) is 184 cm³/mol. The smallest absolute Gasteiger partial charge is 0.253 e. The van der Waals surface area contributed by atoms with Crippen molar-refractivity contribution in [1.82, 2.24) is 24.7 Å². The molecule has 3 atom stereocenters. The Labute approximate surface area is 295 Å². The number of benzene rings is 2. The summed E-state index contributed by atoms with van der Waals surface area (Å²) < 4.78 is 31.0. The van der Waals surface area contributed by atoms with Gasteiger partial charge >= 0.3 is 0 Å². The Bertz CT molecular complexity index is 1770. The number of imidazole rings is 1. The van der Waals surface area contributed by atoms with Gasteiger partial charge in [0.2, 0.25) is 11.8 Å². The first-order valence-electron chi connectivity index (χ1n) is 16.7. The standard InChI is InChI=1S/C37H44F2N6O6/c1-23(30(47)11-8-17-44-31(48)14-15-32(44)49)41-36(51)28(40)16-18-45(33(50)22-46)34(37(2,3)4)35-42-29(26-19-25(38)12-13-27(26)39)21-43(35)20-24-9-6-5-7-10-24/h5-7,9-10,12-15,19,21,23,28,34,46H,8,11,16-18,20,22,40H2,1-4H3,(H,41,51)/t23-,28-,34-/m0/s1. The number of nitrogens with one attached hydrogen (secondary N) is 1. The molecule has 12 nitrogen and oxygen atoms in total. The number of carbonyl (C=O) groups excluding carboxylic acids is 5. The van der Waals surface area contributed by atoms with E-state index in [-0.39, 0.29) is 55.9 Å². The van der Waals surface area contributed by atoms with Crippen LogP contribution in [0.1, 0.15) is 64.4 Å². The topological polar surface area (TPSA) is 168 Å². The molecule has 4 N–H and O–H groups in total. The summed E-state index contributed by atoms with van der Waals surface area (Å²) in [6.45, 7) is 6.51. The van der Waals surface area contributed by atoms with Gasteiger partial charge < -0.3 is 25.6 Å². The summed E-state index contributed by atoms with van der Waals surface area (Å²) in [7, 11) is 0. The molecule has 0 saturated carbocycles. The number of hydrogen-bond donors (Lipinski definition) is 3. The highest BCUT2D eigenvalue weighted by Crippen LogP contribution is 2.39. The van der Waals surface area contributed by atoms with Gasteiger partial charge in [0, 0.05) is 50.0 Å². The summed E-state index contributed by atoms with van der Waals surface area (Å²) in [5, 5.41) is 12.6. The quantitative estimate of drug-likeness (QED) is 0.191. The van der Waals surface area contributed by atoms with Crippen molar-refractivity contribution >= 4 is 29.4 Å². The molecule has 2 heterocycles. The minimum atomic E-state index is -1.15. The van der Waals surface area contributed by atoms with Crippen LogP contribution in [0, 0.1) is 17.0 Å². The maximum Gasteiger partial charge on any atom is 0.253 e. The monoisotopic (exact) mass is 706 g/mol. The summed E-state index contributed by atoms with van der Waals surface area (Å²) in [6, 6.07) is 9.56. The van der Waals surface area contributed by atoms with Crippen LogP contribution in [0.2, 0.25) is 0 Å². The average molecular weight is 707 g/mol. The van der Waals surface area contributed by atoms with Crippen molar-refractivity contribution in [1.29, 1.82) is 0 Å². The second-order valence-electron chi connectivity index (χ2n) is 13.6. The van der Waals surface area contributed by atoms with Crippen LogP contribution in [-0.4, -0.2) is 85.6 Å². The maximum absolute atomic E-state index is 15.0. The number of imide groups is 1. The van der Waals surface area contributed by atoms with Crippen molar-refractivity contribution in [2.75, 3.05) is 19.7 Å². The molecule has 0 spiro atoms. The van der Waals surface area contributed by atoms with E-state index in [1.54, 1.807) is 10.8 Å².